The van der Waals surface area contributed by atoms with Crippen molar-refractivity contribution in [2.75, 3.05) is 113 Å². The van der Waals surface area contributed by atoms with Crippen LogP contribution < -0.4 is 5.32 Å². The number of piperazine rings is 1. The Labute approximate surface area is 419 Å². The van der Waals surface area contributed by atoms with E-state index in [2.05, 4.69) is 111 Å². The van der Waals surface area contributed by atoms with E-state index in [9.17, 15) is 19.2 Å². The van der Waals surface area contributed by atoms with E-state index >= 15 is 0 Å². The molecule has 0 saturated carbocycles. The molecule has 0 spiro atoms. The Kier molecular flexibility index (Phi) is 29.4. The molecule has 4 heterocycles. The summed E-state index contributed by atoms with van der Waals surface area (Å²) >= 11 is 0. The van der Waals surface area contributed by atoms with Gasteiger partial charge in [0.15, 0.2) is 5.78 Å². The number of hydrogen-bond donors (Lipinski definition) is 3. The molecular weight excluding hydrogens is 873 g/mol. The normalized spacial score (nSPS) is 18.8. The fraction of sp³-hybridized carbons (Fsp3) is 0.815. The zero-order valence-electron chi connectivity index (χ0n) is 45.9. The molecule has 4 aliphatic rings. The van der Waals surface area contributed by atoms with Gasteiger partial charge < -0.3 is 49.7 Å². The van der Waals surface area contributed by atoms with E-state index in [1.165, 1.54) is 5.56 Å². The Morgan fingerprint density at radius 1 is 0.594 bits per heavy atom. The summed E-state index contributed by atoms with van der Waals surface area (Å²) in [5.74, 6) is 1.29. The summed E-state index contributed by atoms with van der Waals surface area (Å²) < 4.78 is 5.06. The fourth-order valence-electron chi connectivity index (χ4n) is 9.41. The highest BCUT2D eigenvalue weighted by atomic mass is 16.5. The second-order valence-corrected chi connectivity index (χ2v) is 21.2. The summed E-state index contributed by atoms with van der Waals surface area (Å²) in [6.45, 7) is 36.4. The zero-order chi connectivity index (χ0) is 51.8. The molecule has 398 valence electrons. The van der Waals surface area contributed by atoms with Crippen molar-refractivity contribution in [1.29, 1.82) is 0 Å². The molecule has 15 nitrogen and oxygen atoms in total. The first-order valence-corrected chi connectivity index (χ1v) is 26.5. The van der Waals surface area contributed by atoms with Gasteiger partial charge in [0.05, 0.1) is 25.9 Å². The van der Waals surface area contributed by atoms with E-state index in [1.807, 2.05) is 44.7 Å². The molecule has 5 rings (SSSR count). The van der Waals surface area contributed by atoms with Crippen molar-refractivity contribution in [3.05, 3.63) is 35.4 Å². The summed E-state index contributed by atoms with van der Waals surface area (Å²) in [6.07, 6.45) is 5.83. The van der Waals surface area contributed by atoms with Crippen LogP contribution in [0.2, 0.25) is 0 Å². The minimum atomic E-state index is -0.0148. The van der Waals surface area contributed by atoms with Crippen molar-refractivity contribution in [3.63, 3.8) is 0 Å². The smallest absolute Gasteiger partial charge is 0.317 e. The molecule has 0 aliphatic carbocycles. The number of hydrogen-bond acceptors (Lipinski definition) is 11. The number of aliphatic hydroxyl groups is 2. The van der Waals surface area contributed by atoms with Gasteiger partial charge in [-0.1, -0.05) is 29.8 Å². The lowest BCUT2D eigenvalue weighted by Gasteiger charge is -2.37. The van der Waals surface area contributed by atoms with Crippen LogP contribution in [0.3, 0.4) is 0 Å². The topological polar surface area (TPSA) is 153 Å². The number of rotatable bonds is 16. The maximum absolute atomic E-state index is 12.4. The Bertz CT molecular complexity index is 1580. The molecule has 69 heavy (non-hydrogen) atoms. The Hall–Kier alpha value is -3.18. The van der Waals surface area contributed by atoms with Gasteiger partial charge in [-0.3, -0.25) is 19.3 Å². The number of carbonyl (C=O) groups excluding carboxylic acids is 4. The third-order valence-corrected chi connectivity index (χ3v) is 14.4. The number of nitrogens with one attached hydrogen (secondary N) is 1. The molecule has 4 saturated heterocycles. The predicted octanol–water partition coefficient (Wildman–Crippen LogP) is 6.01. The van der Waals surface area contributed by atoms with Gasteiger partial charge in [0.2, 0.25) is 11.8 Å². The monoisotopic (exact) mass is 973 g/mol. The van der Waals surface area contributed by atoms with Gasteiger partial charge in [-0.25, -0.2) is 4.79 Å². The molecule has 4 aliphatic heterocycles. The van der Waals surface area contributed by atoms with E-state index in [4.69, 9.17) is 14.9 Å². The third kappa shape index (κ3) is 22.4. The lowest BCUT2D eigenvalue weighted by molar-refractivity contribution is -0.139. The van der Waals surface area contributed by atoms with Gasteiger partial charge in [-0.2, -0.15) is 0 Å². The Morgan fingerprint density at radius 2 is 1.00 bits per heavy atom. The van der Waals surface area contributed by atoms with Crippen LogP contribution in [0.5, 0.6) is 0 Å². The van der Waals surface area contributed by atoms with Crippen LogP contribution in [-0.4, -0.2) is 211 Å². The van der Waals surface area contributed by atoms with Crippen LogP contribution in [0, 0.1) is 24.7 Å². The number of carbonyl (C=O) groups is 4. The highest BCUT2D eigenvalue weighted by Gasteiger charge is 2.31. The lowest BCUT2D eigenvalue weighted by Crippen LogP contribution is -2.53. The zero-order valence-corrected chi connectivity index (χ0v) is 45.9. The molecule has 1 aromatic carbocycles. The van der Waals surface area contributed by atoms with Gasteiger partial charge in [0, 0.05) is 94.8 Å². The molecule has 0 radical (unpaired) electrons. The quantitative estimate of drug-likeness (QED) is 0.167. The minimum absolute atomic E-state index is 0.0148. The fourth-order valence-corrected chi connectivity index (χ4v) is 9.41. The van der Waals surface area contributed by atoms with Crippen molar-refractivity contribution >= 4 is 23.6 Å². The summed E-state index contributed by atoms with van der Waals surface area (Å²) in [4.78, 5) is 63.3. The van der Waals surface area contributed by atoms with Crippen LogP contribution in [0.15, 0.2) is 24.3 Å². The van der Waals surface area contributed by atoms with E-state index < -0.39 is 0 Å². The third-order valence-electron chi connectivity index (χ3n) is 14.4. The number of benzene rings is 1. The van der Waals surface area contributed by atoms with Crippen molar-refractivity contribution in [2.45, 2.75) is 158 Å². The number of amides is 4. The predicted molar refractivity (Wildman–Crippen MR) is 280 cm³/mol. The molecule has 1 aromatic rings. The van der Waals surface area contributed by atoms with Gasteiger partial charge in [-0.15, -0.1) is 0 Å². The molecular formula is C54H100N8O7. The molecule has 4 amide bonds. The summed E-state index contributed by atoms with van der Waals surface area (Å²) in [5.41, 5.74) is 2.39. The highest BCUT2D eigenvalue weighted by molar-refractivity contribution is 5.82. The number of ether oxygens (including phenoxy) is 1. The van der Waals surface area contributed by atoms with Crippen molar-refractivity contribution in [3.8, 4) is 0 Å². The lowest BCUT2D eigenvalue weighted by atomic mass is 9.92. The number of aliphatic hydroxyl groups excluding tert-OH is 2. The maximum Gasteiger partial charge on any atom is 0.317 e. The molecule has 0 aromatic heterocycles. The maximum atomic E-state index is 12.4. The van der Waals surface area contributed by atoms with Crippen molar-refractivity contribution in [2.24, 2.45) is 17.8 Å². The number of Topliss-reactive ketones (excluding diaryl/α,β-unsaturated/α-hetero) is 1. The van der Waals surface area contributed by atoms with Gasteiger partial charge >= 0.3 is 6.03 Å². The van der Waals surface area contributed by atoms with Crippen LogP contribution in [0.25, 0.3) is 0 Å². The van der Waals surface area contributed by atoms with Gasteiger partial charge in [-0.05, 0) is 166 Å². The number of piperidine rings is 3. The van der Waals surface area contributed by atoms with Crippen molar-refractivity contribution < 1.29 is 34.1 Å². The first kappa shape index (κ1) is 61.9. The molecule has 0 bridgehead atoms. The SMILES string of the molecule is CC(C)N1CCC(C(=O)COCCO)CC1.CC(C)N1CCC(C(=O)N(C)C)CC1.CC(C)N1CCC(C(=O)N(CCO)C(C)C)CC1.Cc1ccc(C(C)NC(=O)N2CCN(C(C)C)CC2)cc1. The summed E-state index contributed by atoms with van der Waals surface area (Å²) in [5, 5.41) is 20.7. The Morgan fingerprint density at radius 3 is 1.38 bits per heavy atom. The van der Waals surface area contributed by atoms with Crippen LogP contribution in [0.4, 0.5) is 4.79 Å². The summed E-state index contributed by atoms with van der Waals surface area (Å²) in [6, 6.07) is 10.9. The Balaban J connectivity index is 0.000000319. The largest absolute Gasteiger partial charge is 0.395 e. The minimum Gasteiger partial charge on any atom is -0.395 e. The molecule has 4 fully saturated rings. The van der Waals surface area contributed by atoms with Gasteiger partial charge in [0.25, 0.3) is 0 Å². The van der Waals surface area contributed by atoms with E-state index in [-0.39, 0.29) is 74.0 Å². The highest BCUT2D eigenvalue weighted by Crippen LogP contribution is 2.23. The van der Waals surface area contributed by atoms with Gasteiger partial charge in [0.1, 0.15) is 6.61 Å². The number of nitrogens with zero attached hydrogens (tertiary/aromatic N) is 7. The van der Waals surface area contributed by atoms with Crippen LogP contribution in [0.1, 0.15) is 132 Å². The van der Waals surface area contributed by atoms with E-state index in [0.717, 1.165) is 110 Å². The summed E-state index contributed by atoms with van der Waals surface area (Å²) in [7, 11) is 3.69. The van der Waals surface area contributed by atoms with Crippen molar-refractivity contribution in [1.82, 2.24) is 39.6 Å². The van der Waals surface area contributed by atoms with Crippen LogP contribution in [-0.2, 0) is 19.1 Å². The standard InChI is InChI=1S/C17H27N3O.C14H28N2O2.C12H23NO3.C11H22N2O/c1-13(2)19-9-11-20(12-10-19)17(21)18-15(4)16-7-5-14(3)6-8-16;1-11(2)15-7-5-13(6-8-15)14(18)16(9-10-17)12(3)4;1-10(2)13-5-3-11(4-6-13)12(15)9-16-8-7-14;1-9(2)13-7-5-10(6-8-13)11(14)12(3)4/h5-8,13,15H,9-12H2,1-4H3,(H,18,21);11-13,17H,5-10H2,1-4H3;10-11,14H,3-9H2,1-2H3;9-10H,5-8H2,1-4H3. The first-order chi connectivity index (χ1) is 32.6. The average Bonchev–Trinajstić information content (AvgIpc) is 3.33. The number of ketones is 1. The molecule has 3 N–H and O–H groups in total. The molecule has 1 atom stereocenters. The number of urea groups is 1. The number of likely N-dealkylation sites (tertiary alicyclic amines) is 3. The molecule has 15 heteroatoms. The van der Waals surface area contributed by atoms with E-state index in [1.54, 1.807) is 4.90 Å². The molecule has 1 unspecified atom stereocenters. The van der Waals surface area contributed by atoms with Crippen LogP contribution >= 0.6 is 0 Å². The number of aryl methyl sites for hydroxylation is 1. The second kappa shape index (κ2) is 32.7. The van der Waals surface area contributed by atoms with E-state index in [0.29, 0.717) is 36.6 Å². The first-order valence-electron chi connectivity index (χ1n) is 26.5. The second-order valence-electron chi connectivity index (χ2n) is 21.2. The average molecular weight is 973 g/mol.